The molecule has 1 aliphatic heterocycles. The van der Waals surface area contributed by atoms with Crippen LogP contribution in [-0.4, -0.2) is 36.3 Å². The first-order chi connectivity index (χ1) is 10.5. The molecule has 0 aliphatic carbocycles. The monoisotopic (exact) mass is 301 g/mol. The standard InChI is InChI=1S/C16H19N3O3/c1-10-7-13(18-22-10)16(21)17-9-15(20)12-3-4-14-11(8-12)5-6-19(14)2/h3-4,7-8,15,20H,5-6,9H2,1-2H3,(H,17,21). The third-order valence-corrected chi connectivity index (χ3v) is 3.93. The molecule has 1 atom stereocenters. The van der Waals surface area contributed by atoms with Crippen molar-refractivity contribution in [3.63, 3.8) is 0 Å². The molecule has 3 rings (SSSR count). The molecule has 0 saturated heterocycles. The molecule has 2 aromatic rings. The SMILES string of the molecule is Cc1cc(C(=O)NCC(O)c2ccc3c(c2)CCN3C)no1. The largest absolute Gasteiger partial charge is 0.387 e. The molecule has 2 heterocycles. The highest BCUT2D eigenvalue weighted by Gasteiger charge is 2.18. The first-order valence-corrected chi connectivity index (χ1v) is 7.28. The van der Waals surface area contributed by atoms with E-state index < -0.39 is 6.10 Å². The highest BCUT2D eigenvalue weighted by atomic mass is 16.5. The Morgan fingerprint density at radius 2 is 2.32 bits per heavy atom. The molecule has 6 nitrogen and oxygen atoms in total. The maximum absolute atomic E-state index is 11.9. The summed E-state index contributed by atoms with van der Waals surface area (Å²) < 4.78 is 4.86. The van der Waals surface area contributed by atoms with Gasteiger partial charge in [0.1, 0.15) is 5.76 Å². The number of nitrogens with one attached hydrogen (secondary N) is 1. The lowest BCUT2D eigenvalue weighted by Gasteiger charge is -2.15. The maximum atomic E-state index is 11.9. The van der Waals surface area contributed by atoms with E-state index in [0.29, 0.717) is 5.76 Å². The summed E-state index contributed by atoms with van der Waals surface area (Å²) in [5.74, 6) is 0.227. The number of fused-ring (bicyclic) bond motifs is 1. The highest BCUT2D eigenvalue weighted by Crippen LogP contribution is 2.29. The molecule has 116 valence electrons. The number of anilines is 1. The van der Waals surface area contributed by atoms with Crippen LogP contribution in [0.5, 0.6) is 0 Å². The van der Waals surface area contributed by atoms with Crippen molar-refractivity contribution < 1.29 is 14.4 Å². The van der Waals surface area contributed by atoms with Crippen LogP contribution in [0, 0.1) is 6.92 Å². The van der Waals surface area contributed by atoms with Crippen LogP contribution in [0.25, 0.3) is 0 Å². The van der Waals surface area contributed by atoms with E-state index in [1.807, 2.05) is 18.2 Å². The lowest BCUT2D eigenvalue weighted by molar-refractivity contribution is 0.0907. The lowest BCUT2D eigenvalue weighted by atomic mass is 10.0. The second-order valence-electron chi connectivity index (χ2n) is 5.61. The summed E-state index contributed by atoms with van der Waals surface area (Å²) in [6.07, 6.45) is 0.241. The maximum Gasteiger partial charge on any atom is 0.273 e. The summed E-state index contributed by atoms with van der Waals surface area (Å²) in [6.45, 7) is 2.86. The van der Waals surface area contributed by atoms with Crippen LogP contribution in [0.1, 0.15) is 33.5 Å². The van der Waals surface area contributed by atoms with Crippen molar-refractivity contribution in [2.75, 3.05) is 25.0 Å². The van der Waals surface area contributed by atoms with Crippen molar-refractivity contribution in [2.24, 2.45) is 0 Å². The Kier molecular flexibility index (Phi) is 3.85. The summed E-state index contributed by atoms with van der Waals surface area (Å²) in [4.78, 5) is 14.1. The molecule has 1 amide bonds. The second kappa shape index (κ2) is 5.81. The third kappa shape index (κ3) is 2.82. The quantitative estimate of drug-likeness (QED) is 0.893. The zero-order valence-corrected chi connectivity index (χ0v) is 12.7. The molecule has 2 N–H and O–H groups in total. The summed E-state index contributed by atoms with van der Waals surface area (Å²) in [7, 11) is 2.06. The van der Waals surface area contributed by atoms with Crippen LogP contribution in [0.4, 0.5) is 5.69 Å². The van der Waals surface area contributed by atoms with Gasteiger partial charge in [-0.3, -0.25) is 4.79 Å². The molecular formula is C16H19N3O3. The highest BCUT2D eigenvalue weighted by molar-refractivity contribution is 5.92. The van der Waals surface area contributed by atoms with Crippen molar-refractivity contribution in [3.05, 3.63) is 46.8 Å². The Balaban J connectivity index is 1.63. The van der Waals surface area contributed by atoms with Gasteiger partial charge in [-0.15, -0.1) is 0 Å². The van der Waals surface area contributed by atoms with Crippen LogP contribution < -0.4 is 10.2 Å². The van der Waals surface area contributed by atoms with E-state index in [9.17, 15) is 9.90 Å². The Morgan fingerprint density at radius 3 is 3.05 bits per heavy atom. The number of carbonyl (C=O) groups is 1. The fraction of sp³-hybridized carbons (Fsp3) is 0.375. The molecule has 1 aromatic heterocycles. The number of aliphatic hydroxyl groups is 1. The van der Waals surface area contributed by atoms with Crippen molar-refractivity contribution in [2.45, 2.75) is 19.4 Å². The number of likely N-dealkylation sites (N-methyl/N-ethyl adjacent to an activating group) is 1. The zero-order chi connectivity index (χ0) is 15.7. The molecule has 1 aliphatic rings. The third-order valence-electron chi connectivity index (χ3n) is 3.93. The Morgan fingerprint density at radius 1 is 1.50 bits per heavy atom. The fourth-order valence-electron chi connectivity index (χ4n) is 2.67. The Labute approximate surface area is 128 Å². The van der Waals surface area contributed by atoms with Crippen LogP contribution in [0.3, 0.4) is 0 Å². The van der Waals surface area contributed by atoms with Crippen LogP contribution >= 0.6 is 0 Å². The van der Waals surface area contributed by atoms with E-state index >= 15 is 0 Å². The van der Waals surface area contributed by atoms with E-state index in [2.05, 4.69) is 22.4 Å². The van der Waals surface area contributed by atoms with Crippen molar-refractivity contribution >= 4 is 11.6 Å². The summed E-state index contributed by atoms with van der Waals surface area (Å²) in [5, 5.41) is 16.6. The predicted molar refractivity (Wildman–Crippen MR) is 81.9 cm³/mol. The minimum Gasteiger partial charge on any atom is -0.387 e. The normalized spacial score (nSPS) is 14.8. The number of benzene rings is 1. The Bertz CT molecular complexity index is 696. The minimum atomic E-state index is -0.742. The van der Waals surface area contributed by atoms with Gasteiger partial charge in [0.15, 0.2) is 5.69 Å². The molecule has 22 heavy (non-hydrogen) atoms. The minimum absolute atomic E-state index is 0.138. The van der Waals surface area contributed by atoms with Crippen molar-refractivity contribution in [3.8, 4) is 0 Å². The van der Waals surface area contributed by atoms with Gasteiger partial charge in [0.25, 0.3) is 5.91 Å². The van der Waals surface area contributed by atoms with Crippen LogP contribution in [0.2, 0.25) is 0 Å². The van der Waals surface area contributed by atoms with Gasteiger partial charge < -0.3 is 19.8 Å². The van der Waals surface area contributed by atoms with Crippen molar-refractivity contribution in [1.29, 1.82) is 0 Å². The van der Waals surface area contributed by atoms with Gasteiger partial charge in [-0.1, -0.05) is 17.3 Å². The lowest BCUT2D eigenvalue weighted by Crippen LogP contribution is -2.28. The van der Waals surface area contributed by atoms with Crippen molar-refractivity contribution in [1.82, 2.24) is 10.5 Å². The zero-order valence-electron chi connectivity index (χ0n) is 12.7. The molecule has 0 radical (unpaired) electrons. The van der Waals surface area contributed by atoms with Gasteiger partial charge in [0.05, 0.1) is 6.10 Å². The number of carbonyl (C=O) groups excluding carboxylic acids is 1. The molecule has 1 unspecified atom stereocenters. The number of amides is 1. The number of hydrogen-bond acceptors (Lipinski definition) is 5. The summed E-state index contributed by atoms with van der Waals surface area (Å²) in [5.41, 5.74) is 3.47. The van der Waals surface area contributed by atoms with Gasteiger partial charge in [-0.05, 0) is 30.5 Å². The first kappa shape index (κ1) is 14.6. The topological polar surface area (TPSA) is 78.6 Å². The molecule has 6 heteroatoms. The molecular weight excluding hydrogens is 282 g/mol. The van der Waals surface area contributed by atoms with E-state index in [-0.39, 0.29) is 18.1 Å². The van der Waals surface area contributed by atoms with E-state index in [1.54, 1.807) is 13.0 Å². The van der Waals surface area contributed by atoms with Gasteiger partial charge in [0.2, 0.25) is 0 Å². The van der Waals surface area contributed by atoms with Gasteiger partial charge in [0, 0.05) is 31.9 Å². The van der Waals surface area contributed by atoms with Gasteiger partial charge in [-0.25, -0.2) is 0 Å². The average molecular weight is 301 g/mol. The van der Waals surface area contributed by atoms with E-state index in [4.69, 9.17) is 4.52 Å². The molecule has 0 bridgehead atoms. The summed E-state index contributed by atoms with van der Waals surface area (Å²) in [6, 6.07) is 7.49. The van der Waals surface area contributed by atoms with Crippen LogP contribution in [-0.2, 0) is 6.42 Å². The molecule has 0 spiro atoms. The first-order valence-electron chi connectivity index (χ1n) is 7.28. The van der Waals surface area contributed by atoms with E-state index in [1.165, 1.54) is 11.3 Å². The second-order valence-corrected chi connectivity index (χ2v) is 5.61. The van der Waals surface area contributed by atoms with Gasteiger partial charge in [-0.2, -0.15) is 0 Å². The number of aromatic nitrogens is 1. The number of rotatable bonds is 4. The summed E-state index contributed by atoms with van der Waals surface area (Å²) >= 11 is 0. The number of aliphatic hydroxyl groups excluding tert-OH is 1. The van der Waals surface area contributed by atoms with E-state index in [0.717, 1.165) is 18.5 Å². The predicted octanol–water partition coefficient (Wildman–Crippen LogP) is 1.44. The number of nitrogens with zero attached hydrogens (tertiary/aromatic N) is 2. The van der Waals surface area contributed by atoms with Crippen LogP contribution in [0.15, 0.2) is 28.8 Å². The fourth-order valence-corrected chi connectivity index (χ4v) is 2.67. The van der Waals surface area contributed by atoms with Gasteiger partial charge >= 0.3 is 0 Å². The molecule has 1 aromatic carbocycles. The number of hydrogen-bond donors (Lipinski definition) is 2. The number of aryl methyl sites for hydroxylation is 1. The smallest absolute Gasteiger partial charge is 0.273 e. The Hall–Kier alpha value is -2.34. The molecule has 0 fully saturated rings. The molecule has 0 saturated carbocycles. The average Bonchev–Trinajstić information content (AvgIpc) is 3.11.